The van der Waals surface area contributed by atoms with Gasteiger partial charge in [0.15, 0.2) is 6.10 Å². The van der Waals surface area contributed by atoms with Gasteiger partial charge in [-0.15, -0.1) is 0 Å². The zero-order valence-corrected chi connectivity index (χ0v) is 21.8. The second kappa shape index (κ2) is 9.90. The lowest BCUT2D eigenvalue weighted by Crippen LogP contribution is -2.39. The van der Waals surface area contributed by atoms with E-state index in [9.17, 15) is 9.90 Å². The van der Waals surface area contributed by atoms with E-state index in [1.807, 2.05) is 53.7 Å². The lowest BCUT2D eigenvalue weighted by molar-refractivity contribution is -0.160. The molecule has 0 spiro atoms. The Labute approximate surface area is 203 Å². The van der Waals surface area contributed by atoms with Crippen LogP contribution < -0.4 is 9.64 Å². The highest BCUT2D eigenvalue weighted by Crippen LogP contribution is 2.43. The van der Waals surface area contributed by atoms with Crippen LogP contribution in [-0.4, -0.2) is 45.8 Å². The van der Waals surface area contributed by atoms with Crippen molar-refractivity contribution >= 4 is 11.7 Å². The Hall–Kier alpha value is -2.67. The summed E-state index contributed by atoms with van der Waals surface area (Å²) in [6.07, 6.45) is 4.45. The van der Waals surface area contributed by atoms with E-state index in [1.54, 1.807) is 12.4 Å². The largest absolute Gasteiger partial charge is 0.489 e. The van der Waals surface area contributed by atoms with Crippen LogP contribution >= 0.6 is 0 Å². The van der Waals surface area contributed by atoms with Gasteiger partial charge in [0.05, 0.1) is 29.3 Å². The summed E-state index contributed by atoms with van der Waals surface area (Å²) in [5.41, 5.74) is 3.25. The predicted octanol–water partition coefficient (Wildman–Crippen LogP) is 5.81. The number of aryl methyl sites for hydroxylation is 1. The molecule has 1 fully saturated rings. The maximum absolute atomic E-state index is 12.5. The molecule has 0 saturated carbocycles. The van der Waals surface area contributed by atoms with Crippen molar-refractivity contribution in [2.45, 2.75) is 86.0 Å². The van der Waals surface area contributed by atoms with Crippen molar-refractivity contribution in [3.63, 3.8) is 0 Å². The molecule has 1 aliphatic heterocycles. The van der Waals surface area contributed by atoms with Gasteiger partial charge in [-0.05, 0) is 71.9 Å². The van der Waals surface area contributed by atoms with Gasteiger partial charge in [-0.25, -0.2) is 4.79 Å². The predicted molar refractivity (Wildman–Crippen MR) is 134 cm³/mol. The van der Waals surface area contributed by atoms with Crippen molar-refractivity contribution in [1.29, 1.82) is 0 Å². The van der Waals surface area contributed by atoms with E-state index in [0.717, 1.165) is 42.9 Å². The third-order valence-corrected chi connectivity index (χ3v) is 6.06. The normalized spacial score (nSPS) is 17.0. The molecule has 0 amide bonds. The van der Waals surface area contributed by atoms with Crippen molar-refractivity contribution in [3.05, 3.63) is 35.8 Å². The van der Waals surface area contributed by atoms with Crippen LogP contribution in [0.1, 0.15) is 78.7 Å². The molecule has 3 rings (SSSR count). The highest BCUT2D eigenvalue weighted by Gasteiger charge is 2.35. The number of ether oxygens (including phenoxy) is 2. The molecule has 2 aromatic heterocycles. The highest BCUT2D eigenvalue weighted by atomic mass is 16.5. The maximum atomic E-state index is 12.5. The number of carboxylic acids is 1. The maximum Gasteiger partial charge on any atom is 0.337 e. The van der Waals surface area contributed by atoms with Crippen LogP contribution in [0.5, 0.6) is 5.75 Å². The molecule has 186 valence electrons. The molecule has 34 heavy (non-hydrogen) atoms. The van der Waals surface area contributed by atoms with Gasteiger partial charge in [-0.2, -0.15) is 0 Å². The Kier molecular flexibility index (Phi) is 7.56. The topological polar surface area (TPSA) is 84.8 Å². The fraction of sp³-hybridized carbons (Fsp3) is 0.593. The number of hydrogen-bond acceptors (Lipinski definition) is 6. The Bertz CT molecular complexity index is 1000. The van der Waals surface area contributed by atoms with E-state index in [0.29, 0.717) is 17.0 Å². The minimum atomic E-state index is -1.14. The van der Waals surface area contributed by atoms with Crippen LogP contribution in [0.15, 0.2) is 24.5 Å². The van der Waals surface area contributed by atoms with Gasteiger partial charge in [-0.3, -0.25) is 9.97 Å². The summed E-state index contributed by atoms with van der Waals surface area (Å²) in [4.78, 5) is 24.0. The number of aromatic nitrogens is 2. The minimum absolute atomic E-state index is 0.0541. The summed E-state index contributed by atoms with van der Waals surface area (Å²) >= 11 is 0. The molecule has 0 aromatic carbocycles. The third-order valence-electron chi connectivity index (χ3n) is 6.06. The number of hydrogen-bond donors (Lipinski definition) is 1. The molecule has 0 aliphatic carbocycles. The number of rotatable bonds is 7. The van der Waals surface area contributed by atoms with Gasteiger partial charge in [0.1, 0.15) is 5.75 Å². The summed E-state index contributed by atoms with van der Waals surface area (Å²) in [5.74, 6) is -0.330. The van der Waals surface area contributed by atoms with Crippen LogP contribution in [0, 0.1) is 12.3 Å². The Morgan fingerprint density at radius 2 is 1.76 bits per heavy atom. The zero-order valence-electron chi connectivity index (χ0n) is 21.8. The van der Waals surface area contributed by atoms with Gasteiger partial charge in [0.25, 0.3) is 0 Å². The zero-order chi connectivity index (χ0) is 25.3. The number of piperidine rings is 1. The smallest absolute Gasteiger partial charge is 0.337 e. The molecule has 0 radical (unpaired) electrons. The first kappa shape index (κ1) is 25.9. The molecule has 1 aliphatic rings. The summed E-state index contributed by atoms with van der Waals surface area (Å²) in [7, 11) is 0. The van der Waals surface area contributed by atoms with Crippen molar-refractivity contribution in [2.75, 3.05) is 18.0 Å². The van der Waals surface area contributed by atoms with E-state index in [1.165, 1.54) is 0 Å². The van der Waals surface area contributed by atoms with E-state index in [-0.39, 0.29) is 11.5 Å². The molecule has 7 nitrogen and oxygen atoms in total. The van der Waals surface area contributed by atoms with Crippen molar-refractivity contribution in [2.24, 2.45) is 5.41 Å². The molecule has 0 bridgehead atoms. The minimum Gasteiger partial charge on any atom is -0.489 e. The monoisotopic (exact) mass is 469 g/mol. The molecular weight excluding hydrogens is 430 g/mol. The summed E-state index contributed by atoms with van der Waals surface area (Å²) < 4.78 is 11.8. The van der Waals surface area contributed by atoms with Gasteiger partial charge >= 0.3 is 5.97 Å². The molecule has 2 aromatic rings. The van der Waals surface area contributed by atoms with Crippen LogP contribution in [0.4, 0.5) is 5.69 Å². The number of pyridine rings is 2. The number of aliphatic carboxylic acids is 1. The van der Waals surface area contributed by atoms with E-state index in [2.05, 4.69) is 28.7 Å². The van der Waals surface area contributed by atoms with Gasteiger partial charge in [0, 0.05) is 36.1 Å². The second-order valence-corrected chi connectivity index (χ2v) is 11.2. The Morgan fingerprint density at radius 3 is 2.26 bits per heavy atom. The fourth-order valence-corrected chi connectivity index (χ4v) is 4.25. The lowest BCUT2D eigenvalue weighted by atomic mass is 9.82. The van der Waals surface area contributed by atoms with E-state index < -0.39 is 17.7 Å². The Morgan fingerprint density at radius 1 is 1.12 bits per heavy atom. The summed E-state index contributed by atoms with van der Waals surface area (Å²) in [6, 6.07) is 3.80. The van der Waals surface area contributed by atoms with Crippen LogP contribution in [0.25, 0.3) is 11.3 Å². The van der Waals surface area contributed by atoms with Crippen LogP contribution in [0.3, 0.4) is 0 Å². The highest BCUT2D eigenvalue weighted by molar-refractivity contribution is 5.85. The molecule has 0 unspecified atom stereocenters. The van der Waals surface area contributed by atoms with Gasteiger partial charge in [0.2, 0.25) is 0 Å². The van der Waals surface area contributed by atoms with Gasteiger partial charge < -0.3 is 19.5 Å². The molecular formula is C27H39N3O4. The molecule has 3 heterocycles. The Balaban J connectivity index is 2.17. The first-order valence-corrected chi connectivity index (χ1v) is 12.1. The average molecular weight is 470 g/mol. The number of carbonyl (C=O) groups is 1. The molecule has 1 N–H and O–H groups in total. The second-order valence-electron chi connectivity index (χ2n) is 11.2. The molecule has 1 saturated heterocycles. The van der Waals surface area contributed by atoms with E-state index in [4.69, 9.17) is 9.47 Å². The number of anilines is 1. The van der Waals surface area contributed by atoms with Crippen molar-refractivity contribution in [3.8, 4) is 17.0 Å². The van der Waals surface area contributed by atoms with Crippen LogP contribution in [-0.2, 0) is 9.53 Å². The van der Waals surface area contributed by atoms with E-state index >= 15 is 0 Å². The van der Waals surface area contributed by atoms with Crippen molar-refractivity contribution in [1.82, 2.24) is 9.97 Å². The SMILES string of the molecule is Cc1ncc(-c2ccc(OC(C)C)cn2)c(N2CCC(C)(C)CC2)c1[C@H](OC(C)(C)C)C(=O)O. The quantitative estimate of drug-likeness (QED) is 0.548. The first-order valence-electron chi connectivity index (χ1n) is 12.1. The first-order chi connectivity index (χ1) is 15.8. The third kappa shape index (κ3) is 6.26. The average Bonchev–Trinajstić information content (AvgIpc) is 2.72. The number of nitrogens with zero attached hydrogens (tertiary/aromatic N) is 3. The van der Waals surface area contributed by atoms with Gasteiger partial charge in [-0.1, -0.05) is 13.8 Å². The van der Waals surface area contributed by atoms with Crippen LogP contribution in [0.2, 0.25) is 0 Å². The summed E-state index contributed by atoms with van der Waals surface area (Å²) in [5, 5.41) is 10.2. The lowest BCUT2D eigenvalue weighted by Gasteiger charge is -2.40. The molecule has 7 heteroatoms. The molecule has 1 atom stereocenters. The number of carboxylic acid groups (broad SMARTS) is 1. The fourth-order valence-electron chi connectivity index (χ4n) is 4.25. The summed E-state index contributed by atoms with van der Waals surface area (Å²) in [6.45, 7) is 17.6. The van der Waals surface area contributed by atoms with Crippen molar-refractivity contribution < 1.29 is 19.4 Å². The standard InChI is InChI=1S/C27H39N3O4/c1-17(2)33-19-9-10-21(29-15-19)20-16-28-18(3)22(24(25(31)32)34-26(4,5)6)23(20)30-13-11-27(7,8)12-14-30/h9-10,15-17,24H,11-14H2,1-8H3,(H,31,32)/t24-/m0/s1.